The summed E-state index contributed by atoms with van der Waals surface area (Å²) in [6, 6.07) is 15.8. The lowest BCUT2D eigenvalue weighted by Gasteiger charge is -2.36. The van der Waals surface area contributed by atoms with Crippen LogP contribution in [0.5, 0.6) is 0 Å². The summed E-state index contributed by atoms with van der Waals surface area (Å²) >= 11 is 6.55. The maximum atomic E-state index is 13.9. The number of carbonyl (C=O) groups excluding carboxylic acids is 3. The number of hydrogen-bond donors (Lipinski definition) is 2. The third kappa shape index (κ3) is 7.48. The van der Waals surface area contributed by atoms with Crippen molar-refractivity contribution >= 4 is 41.1 Å². The van der Waals surface area contributed by atoms with Gasteiger partial charge < -0.3 is 29.6 Å². The molecule has 0 unspecified atom stereocenters. The molecule has 1 fully saturated rings. The molecule has 2 aromatic carbocycles. The summed E-state index contributed by atoms with van der Waals surface area (Å²) in [7, 11) is 1.30. The molecule has 0 spiro atoms. The molecule has 226 valence electrons. The number of ether oxygens (including phenoxy) is 2. The molecule has 2 amide bonds. The highest BCUT2D eigenvalue weighted by atomic mass is 35.5. The van der Waals surface area contributed by atoms with Gasteiger partial charge in [0.2, 0.25) is 0 Å². The standard InChI is InChI=1S/C32H36ClN5O5/c1-20-25(17-34)29(37-16-8-10-24(19-37)36-31(41)43-32(2,3)4)38(18-22-9-6-7-11-26(22)33)27(20)28(39)35-23-14-12-21(13-15-23)30(40)42-5/h6-7,9,11-15,24H,8,10,16,18-19H2,1-5H3,(H,35,39)(H,36,41)/t24-/m1/s1. The van der Waals surface area contributed by atoms with Gasteiger partial charge in [0.15, 0.2) is 0 Å². The molecule has 2 N–H and O–H groups in total. The van der Waals surface area contributed by atoms with Crippen molar-refractivity contribution < 1.29 is 23.9 Å². The van der Waals surface area contributed by atoms with E-state index in [9.17, 15) is 19.6 Å². The summed E-state index contributed by atoms with van der Waals surface area (Å²) in [6.45, 7) is 8.47. The van der Waals surface area contributed by atoms with Gasteiger partial charge in [0.1, 0.15) is 23.2 Å². The van der Waals surface area contributed by atoms with Crippen molar-refractivity contribution in [2.75, 3.05) is 30.4 Å². The zero-order valence-corrected chi connectivity index (χ0v) is 25.7. The lowest BCUT2D eigenvalue weighted by atomic mass is 10.0. The molecular formula is C32H36ClN5O5. The molecule has 1 atom stereocenters. The number of carbonyl (C=O) groups is 3. The molecule has 4 rings (SSSR count). The van der Waals surface area contributed by atoms with Crippen LogP contribution in [0, 0.1) is 18.3 Å². The van der Waals surface area contributed by atoms with Crippen LogP contribution in [0.25, 0.3) is 0 Å². The molecule has 0 aliphatic carbocycles. The Hall–Kier alpha value is -4.49. The number of methoxy groups -OCH3 is 1. The molecule has 2 heterocycles. The third-order valence-corrected chi connectivity index (χ3v) is 7.47. The van der Waals surface area contributed by atoms with E-state index in [0.29, 0.717) is 52.0 Å². The van der Waals surface area contributed by atoms with E-state index < -0.39 is 23.6 Å². The average molecular weight is 606 g/mol. The van der Waals surface area contributed by atoms with E-state index in [4.69, 9.17) is 21.1 Å². The summed E-state index contributed by atoms with van der Waals surface area (Å²) in [5, 5.41) is 16.7. The molecule has 1 aliphatic heterocycles. The Bertz CT molecular complexity index is 1550. The highest BCUT2D eigenvalue weighted by molar-refractivity contribution is 6.31. The summed E-state index contributed by atoms with van der Waals surface area (Å²) < 4.78 is 12.0. The van der Waals surface area contributed by atoms with E-state index >= 15 is 0 Å². The van der Waals surface area contributed by atoms with Crippen LogP contribution in [0.4, 0.5) is 16.3 Å². The number of esters is 1. The Labute approximate surface area is 256 Å². The zero-order chi connectivity index (χ0) is 31.3. The van der Waals surface area contributed by atoms with Crippen LogP contribution in [0.3, 0.4) is 0 Å². The highest BCUT2D eigenvalue weighted by Crippen LogP contribution is 2.34. The number of nitrogens with one attached hydrogen (secondary N) is 2. The molecule has 0 radical (unpaired) electrons. The van der Waals surface area contributed by atoms with Gasteiger partial charge in [0.25, 0.3) is 5.91 Å². The minimum Gasteiger partial charge on any atom is -0.465 e. The van der Waals surface area contributed by atoms with Crippen LogP contribution < -0.4 is 15.5 Å². The first-order valence-electron chi connectivity index (χ1n) is 14.0. The number of alkyl carbamates (subject to hydrolysis) is 1. The van der Waals surface area contributed by atoms with Crippen molar-refractivity contribution in [2.24, 2.45) is 0 Å². The van der Waals surface area contributed by atoms with E-state index in [1.807, 2.05) is 48.4 Å². The Morgan fingerprint density at radius 1 is 1.12 bits per heavy atom. The largest absolute Gasteiger partial charge is 0.465 e. The van der Waals surface area contributed by atoms with Gasteiger partial charge in [-0.15, -0.1) is 0 Å². The van der Waals surface area contributed by atoms with Crippen LogP contribution in [-0.2, 0) is 16.0 Å². The van der Waals surface area contributed by atoms with Crippen molar-refractivity contribution in [3.63, 3.8) is 0 Å². The predicted molar refractivity (Wildman–Crippen MR) is 165 cm³/mol. The van der Waals surface area contributed by atoms with Crippen molar-refractivity contribution in [3.8, 4) is 6.07 Å². The fraction of sp³-hybridized carbons (Fsp3) is 0.375. The maximum absolute atomic E-state index is 13.9. The first kappa shape index (κ1) is 31.4. The van der Waals surface area contributed by atoms with Crippen LogP contribution in [0.15, 0.2) is 48.5 Å². The average Bonchev–Trinajstić information content (AvgIpc) is 3.23. The molecule has 10 nitrogen and oxygen atoms in total. The first-order valence-corrected chi connectivity index (χ1v) is 14.4. The number of rotatable bonds is 7. The van der Waals surface area contributed by atoms with Crippen molar-refractivity contribution in [3.05, 3.63) is 81.5 Å². The maximum Gasteiger partial charge on any atom is 0.407 e. The topological polar surface area (TPSA) is 126 Å². The predicted octanol–water partition coefficient (Wildman–Crippen LogP) is 5.90. The number of nitrogens with zero attached hydrogens (tertiary/aromatic N) is 3. The van der Waals surface area contributed by atoms with Gasteiger partial charge >= 0.3 is 12.1 Å². The molecule has 1 aromatic heterocycles. The Balaban J connectivity index is 1.72. The minimum absolute atomic E-state index is 0.218. The number of amides is 2. The van der Waals surface area contributed by atoms with Gasteiger partial charge in [-0.25, -0.2) is 9.59 Å². The van der Waals surface area contributed by atoms with E-state index in [1.54, 1.807) is 37.3 Å². The van der Waals surface area contributed by atoms with E-state index in [-0.39, 0.29) is 12.6 Å². The Morgan fingerprint density at radius 3 is 2.44 bits per heavy atom. The van der Waals surface area contributed by atoms with Gasteiger partial charge in [-0.1, -0.05) is 29.8 Å². The fourth-order valence-corrected chi connectivity index (χ4v) is 5.39. The summed E-state index contributed by atoms with van der Waals surface area (Å²) in [4.78, 5) is 40.3. The number of piperidine rings is 1. The summed E-state index contributed by atoms with van der Waals surface area (Å²) in [6.07, 6.45) is 1.01. The Kier molecular flexibility index (Phi) is 9.66. The normalized spacial score (nSPS) is 14.9. The van der Waals surface area contributed by atoms with Crippen molar-refractivity contribution in [1.82, 2.24) is 9.88 Å². The highest BCUT2D eigenvalue weighted by Gasteiger charge is 2.32. The second-order valence-electron chi connectivity index (χ2n) is 11.4. The van der Waals surface area contributed by atoms with Crippen LogP contribution in [0.2, 0.25) is 5.02 Å². The molecule has 0 bridgehead atoms. The number of hydrogen-bond acceptors (Lipinski definition) is 7. The number of aromatic nitrogens is 1. The molecular weight excluding hydrogens is 570 g/mol. The van der Waals surface area contributed by atoms with Crippen LogP contribution in [0.1, 0.15) is 71.1 Å². The smallest absolute Gasteiger partial charge is 0.407 e. The van der Waals surface area contributed by atoms with Crippen molar-refractivity contribution in [2.45, 2.75) is 58.7 Å². The van der Waals surface area contributed by atoms with Gasteiger partial charge in [-0.05, 0) is 82.0 Å². The lowest BCUT2D eigenvalue weighted by Crippen LogP contribution is -2.49. The molecule has 3 aromatic rings. The molecule has 1 aliphatic rings. The number of anilines is 2. The minimum atomic E-state index is -0.630. The Morgan fingerprint density at radius 2 is 1.81 bits per heavy atom. The second kappa shape index (κ2) is 13.2. The lowest BCUT2D eigenvalue weighted by molar-refractivity contribution is 0.0498. The number of halogens is 1. The molecule has 43 heavy (non-hydrogen) atoms. The summed E-state index contributed by atoms with van der Waals surface area (Å²) in [5.41, 5.74) is 2.18. The number of nitriles is 1. The van der Waals surface area contributed by atoms with Crippen LogP contribution >= 0.6 is 11.6 Å². The third-order valence-electron chi connectivity index (χ3n) is 7.10. The van der Waals surface area contributed by atoms with E-state index in [1.165, 1.54) is 7.11 Å². The molecule has 1 saturated heterocycles. The van der Waals surface area contributed by atoms with Gasteiger partial charge in [0, 0.05) is 29.8 Å². The van der Waals surface area contributed by atoms with Gasteiger partial charge in [-0.3, -0.25) is 4.79 Å². The van der Waals surface area contributed by atoms with E-state index in [0.717, 1.165) is 18.4 Å². The molecule has 0 saturated carbocycles. The molecule has 11 heteroatoms. The first-order chi connectivity index (χ1) is 20.4. The zero-order valence-electron chi connectivity index (χ0n) is 25.0. The SMILES string of the molecule is COC(=O)c1ccc(NC(=O)c2c(C)c(C#N)c(N3CCC[C@@H](NC(=O)OC(C)(C)C)C3)n2Cc2ccccc2Cl)cc1. The quantitative estimate of drug-likeness (QED) is 0.321. The summed E-state index contributed by atoms with van der Waals surface area (Å²) in [5.74, 6) is -0.313. The van der Waals surface area contributed by atoms with Gasteiger partial charge in [-0.2, -0.15) is 5.26 Å². The fourth-order valence-electron chi connectivity index (χ4n) is 5.20. The van der Waals surface area contributed by atoms with Crippen molar-refractivity contribution in [1.29, 1.82) is 5.26 Å². The van der Waals surface area contributed by atoms with E-state index in [2.05, 4.69) is 16.7 Å². The second-order valence-corrected chi connectivity index (χ2v) is 11.8. The monoisotopic (exact) mass is 605 g/mol. The number of benzene rings is 2. The van der Waals surface area contributed by atoms with Gasteiger partial charge in [0.05, 0.1) is 24.8 Å². The van der Waals surface area contributed by atoms with Crippen LogP contribution in [-0.4, -0.2) is 54.4 Å².